The summed E-state index contributed by atoms with van der Waals surface area (Å²) in [6.45, 7) is 11.8. The summed E-state index contributed by atoms with van der Waals surface area (Å²) in [7, 11) is 0. The van der Waals surface area contributed by atoms with Crippen molar-refractivity contribution in [3.05, 3.63) is 27.8 Å². The minimum Gasteiger partial charge on any atom is -0.394 e. The number of aliphatic hydroxyl groups excluding tert-OH is 5. The van der Waals surface area contributed by atoms with E-state index in [1.165, 1.54) is 13.8 Å². The molecule has 0 saturated carbocycles. The first-order valence-electron chi connectivity index (χ1n) is 11.7. The summed E-state index contributed by atoms with van der Waals surface area (Å²) in [6.07, 6.45) is -1.35. The summed E-state index contributed by atoms with van der Waals surface area (Å²) in [4.78, 5) is 37.9. The predicted molar refractivity (Wildman–Crippen MR) is 135 cm³/mol. The molecule has 3 amide bonds. The molecule has 0 aliphatic rings. The Morgan fingerprint density at radius 1 is 0.686 bits per heavy atom. The number of carbonyl (C=O) groups excluding carboxylic acids is 3. The van der Waals surface area contributed by atoms with Gasteiger partial charge in [0.15, 0.2) is 0 Å². The lowest BCUT2D eigenvalue weighted by molar-refractivity contribution is -0.123. The third kappa shape index (κ3) is 9.54. The van der Waals surface area contributed by atoms with E-state index >= 15 is 0 Å². The van der Waals surface area contributed by atoms with E-state index in [0.717, 1.165) is 0 Å². The number of nitrogens with one attached hydrogen (secondary N) is 3. The highest BCUT2D eigenvalue weighted by Crippen LogP contribution is 2.32. The molecule has 8 N–H and O–H groups in total. The Labute approximate surface area is 207 Å². The van der Waals surface area contributed by atoms with Crippen molar-refractivity contribution in [2.45, 2.75) is 73.6 Å². The maximum Gasteiger partial charge on any atom is 0.252 e. The van der Waals surface area contributed by atoms with E-state index in [1.807, 2.05) is 27.7 Å². The summed E-state index contributed by atoms with van der Waals surface area (Å²) in [5, 5.41) is 54.0. The van der Waals surface area contributed by atoms with Gasteiger partial charge in [-0.25, -0.2) is 0 Å². The van der Waals surface area contributed by atoms with Crippen LogP contribution in [0.2, 0.25) is 0 Å². The van der Waals surface area contributed by atoms with Gasteiger partial charge >= 0.3 is 0 Å². The molecule has 0 heterocycles. The maximum absolute atomic E-state index is 12.9. The summed E-state index contributed by atoms with van der Waals surface area (Å²) >= 11 is 0. The second kappa shape index (κ2) is 17.8. The Morgan fingerprint density at radius 3 is 1.26 bits per heavy atom. The standard InChI is InChI=1S/C20H31N3O8.2C2H6/c1-9-15(19(30)21-13(5-24)6-25)10(2)17(23-18(29)12(4)28)11(3)16(9)20(31)22-14(7-26)8-27;2*1-2/h12-14,24-28H,5-8H2,1-4H3,(H,21,30)(H,22,31)(H,23,29);2*1-2H3. The quantitative estimate of drug-likeness (QED) is 0.222. The molecule has 1 aromatic carbocycles. The Kier molecular flexibility index (Phi) is 17.6. The van der Waals surface area contributed by atoms with E-state index in [1.54, 1.807) is 13.8 Å². The molecule has 0 aliphatic heterocycles. The van der Waals surface area contributed by atoms with Crippen molar-refractivity contribution in [1.29, 1.82) is 0 Å². The lowest BCUT2D eigenvalue weighted by Crippen LogP contribution is -2.42. The SMILES string of the molecule is CC.CC.Cc1c(NC(=O)C(C)O)c(C)c(C(=O)NC(CO)CO)c(C)c1C(=O)NC(CO)CO. The number of carbonyl (C=O) groups is 3. The zero-order valence-corrected chi connectivity index (χ0v) is 22.0. The number of hydrogen-bond acceptors (Lipinski definition) is 8. The van der Waals surface area contributed by atoms with Gasteiger partial charge in [0.1, 0.15) is 6.10 Å². The fourth-order valence-corrected chi connectivity index (χ4v) is 3.13. The van der Waals surface area contributed by atoms with Gasteiger partial charge in [0, 0.05) is 16.8 Å². The normalized spacial score (nSPS) is 11.1. The molecule has 202 valence electrons. The first-order valence-corrected chi connectivity index (χ1v) is 11.7. The van der Waals surface area contributed by atoms with Crippen LogP contribution in [-0.2, 0) is 4.79 Å². The molecular formula is C24H43N3O8. The topological polar surface area (TPSA) is 188 Å². The minimum absolute atomic E-state index is 0.0353. The average molecular weight is 502 g/mol. The first-order chi connectivity index (χ1) is 16.5. The monoisotopic (exact) mass is 501 g/mol. The van der Waals surface area contributed by atoms with Gasteiger partial charge in [-0.1, -0.05) is 27.7 Å². The van der Waals surface area contributed by atoms with Gasteiger partial charge in [0.05, 0.1) is 38.5 Å². The van der Waals surface area contributed by atoms with Crippen LogP contribution in [-0.4, -0.2) is 87.9 Å². The summed E-state index contributed by atoms with van der Waals surface area (Å²) in [5.74, 6) is -2.13. The van der Waals surface area contributed by atoms with E-state index in [2.05, 4.69) is 16.0 Å². The summed E-state index contributed by atoms with van der Waals surface area (Å²) < 4.78 is 0. The fraction of sp³-hybridized carbons (Fsp3) is 0.625. The van der Waals surface area contributed by atoms with Crippen LogP contribution >= 0.6 is 0 Å². The van der Waals surface area contributed by atoms with Crippen molar-refractivity contribution in [3.8, 4) is 0 Å². The Hall–Kier alpha value is -2.57. The second-order valence-electron chi connectivity index (χ2n) is 7.24. The Bertz CT molecular complexity index is 766. The highest BCUT2D eigenvalue weighted by Gasteiger charge is 2.28. The van der Waals surface area contributed by atoms with E-state index < -0.39 is 62.3 Å². The first kappa shape index (κ1) is 34.6. The number of hydrogen-bond donors (Lipinski definition) is 8. The predicted octanol–water partition coefficient (Wildman–Crippen LogP) is 0.150. The van der Waals surface area contributed by atoms with Crippen LogP contribution in [0.1, 0.15) is 72.0 Å². The molecule has 11 heteroatoms. The van der Waals surface area contributed by atoms with Crippen LogP contribution in [0.3, 0.4) is 0 Å². The summed E-state index contributed by atoms with van der Waals surface area (Å²) in [5.41, 5.74) is 1.09. The van der Waals surface area contributed by atoms with Gasteiger partial charge in [0.2, 0.25) is 0 Å². The molecule has 0 aromatic heterocycles. The van der Waals surface area contributed by atoms with Gasteiger partial charge in [0.25, 0.3) is 17.7 Å². The average Bonchev–Trinajstić information content (AvgIpc) is 2.85. The highest BCUT2D eigenvalue weighted by molar-refractivity contribution is 6.08. The molecule has 0 aliphatic carbocycles. The van der Waals surface area contributed by atoms with Crippen LogP contribution < -0.4 is 16.0 Å². The van der Waals surface area contributed by atoms with Crippen LogP contribution in [0.5, 0.6) is 0 Å². The number of aliphatic hydroxyl groups is 5. The molecule has 1 aromatic rings. The number of amides is 3. The van der Waals surface area contributed by atoms with Crippen molar-refractivity contribution < 1.29 is 39.9 Å². The third-order valence-corrected chi connectivity index (χ3v) is 4.88. The number of benzene rings is 1. The van der Waals surface area contributed by atoms with E-state index in [-0.39, 0.29) is 22.4 Å². The molecule has 0 radical (unpaired) electrons. The lowest BCUT2D eigenvalue weighted by Gasteiger charge is -2.24. The number of anilines is 1. The van der Waals surface area contributed by atoms with Crippen LogP contribution in [0.4, 0.5) is 5.69 Å². The van der Waals surface area contributed by atoms with Gasteiger partial charge in [-0.05, 0) is 44.4 Å². The largest absolute Gasteiger partial charge is 0.394 e. The molecule has 0 saturated heterocycles. The molecular weight excluding hydrogens is 458 g/mol. The molecule has 35 heavy (non-hydrogen) atoms. The van der Waals surface area contributed by atoms with Gasteiger partial charge in [-0.3, -0.25) is 14.4 Å². The van der Waals surface area contributed by atoms with E-state index in [9.17, 15) is 39.9 Å². The van der Waals surface area contributed by atoms with Crippen molar-refractivity contribution in [2.24, 2.45) is 0 Å². The van der Waals surface area contributed by atoms with Crippen molar-refractivity contribution in [1.82, 2.24) is 10.6 Å². The molecule has 1 rings (SSSR count). The molecule has 0 spiro atoms. The highest BCUT2D eigenvalue weighted by atomic mass is 16.3. The zero-order valence-electron chi connectivity index (χ0n) is 22.0. The van der Waals surface area contributed by atoms with Gasteiger partial charge in [-0.15, -0.1) is 0 Å². The van der Waals surface area contributed by atoms with Crippen LogP contribution in [0.15, 0.2) is 0 Å². The molecule has 11 nitrogen and oxygen atoms in total. The number of rotatable bonds is 10. The van der Waals surface area contributed by atoms with Crippen molar-refractivity contribution in [3.63, 3.8) is 0 Å². The fourth-order valence-electron chi connectivity index (χ4n) is 3.13. The van der Waals surface area contributed by atoms with Crippen molar-refractivity contribution in [2.75, 3.05) is 31.7 Å². The van der Waals surface area contributed by atoms with Crippen molar-refractivity contribution >= 4 is 23.4 Å². The van der Waals surface area contributed by atoms with Crippen LogP contribution in [0, 0.1) is 20.8 Å². The third-order valence-electron chi connectivity index (χ3n) is 4.88. The Balaban J connectivity index is 0. The molecule has 0 bridgehead atoms. The van der Waals surface area contributed by atoms with Crippen LogP contribution in [0.25, 0.3) is 0 Å². The summed E-state index contributed by atoms with van der Waals surface area (Å²) in [6, 6.07) is -1.87. The second-order valence-corrected chi connectivity index (χ2v) is 7.24. The maximum atomic E-state index is 12.9. The molecule has 1 atom stereocenters. The smallest absolute Gasteiger partial charge is 0.252 e. The van der Waals surface area contributed by atoms with Gasteiger partial charge in [-0.2, -0.15) is 0 Å². The minimum atomic E-state index is -1.35. The molecule has 0 fully saturated rings. The molecule has 1 unspecified atom stereocenters. The lowest BCUT2D eigenvalue weighted by atomic mass is 9.89. The zero-order chi connectivity index (χ0) is 27.9. The van der Waals surface area contributed by atoms with E-state index in [0.29, 0.717) is 11.1 Å². The van der Waals surface area contributed by atoms with E-state index in [4.69, 9.17) is 0 Å². The Morgan fingerprint density at radius 2 is 1.00 bits per heavy atom. The van der Waals surface area contributed by atoms with Gasteiger partial charge < -0.3 is 41.5 Å².